The van der Waals surface area contributed by atoms with Crippen LogP contribution in [0.1, 0.15) is 20.3 Å². The van der Waals surface area contributed by atoms with Crippen molar-refractivity contribution in [1.29, 1.82) is 0 Å². The van der Waals surface area contributed by atoms with Crippen molar-refractivity contribution in [1.82, 2.24) is 14.5 Å². The van der Waals surface area contributed by atoms with E-state index in [-0.39, 0.29) is 0 Å². The van der Waals surface area contributed by atoms with E-state index >= 15 is 0 Å². The molecule has 1 aliphatic rings. The maximum atomic E-state index is 10.7. The van der Waals surface area contributed by atoms with Crippen molar-refractivity contribution in [3.05, 3.63) is 29.4 Å². The number of aliphatic hydroxyl groups is 1. The van der Waals surface area contributed by atoms with Gasteiger partial charge in [-0.3, -0.25) is 0 Å². The first-order chi connectivity index (χ1) is 11.0. The maximum absolute atomic E-state index is 10.7. The Bertz CT molecular complexity index is 902. The van der Waals surface area contributed by atoms with Crippen LogP contribution >= 0.6 is 11.6 Å². The summed E-state index contributed by atoms with van der Waals surface area (Å²) in [6.07, 6.45) is 0.992. The van der Waals surface area contributed by atoms with E-state index in [1.54, 1.807) is 0 Å². The fourth-order valence-corrected chi connectivity index (χ4v) is 3.72. The summed E-state index contributed by atoms with van der Waals surface area (Å²) in [5.74, 6) is 0.869. The molecular weight excluding hydrogens is 312 g/mol. The van der Waals surface area contributed by atoms with E-state index < -0.39 is 5.60 Å². The number of halogens is 1. The Hall–Kier alpha value is -1.85. The average molecular weight is 331 g/mol. The first-order valence-electron chi connectivity index (χ1n) is 7.92. The lowest BCUT2D eigenvalue weighted by molar-refractivity contribution is 0.0417. The van der Waals surface area contributed by atoms with Crippen molar-refractivity contribution in [2.45, 2.75) is 32.4 Å². The van der Waals surface area contributed by atoms with Crippen molar-refractivity contribution in [2.75, 3.05) is 18.0 Å². The summed E-state index contributed by atoms with van der Waals surface area (Å²) in [4.78, 5) is 11.3. The van der Waals surface area contributed by atoms with Gasteiger partial charge in [0.05, 0.1) is 29.7 Å². The molecule has 2 aromatic heterocycles. The van der Waals surface area contributed by atoms with E-state index in [1.807, 2.05) is 31.2 Å². The van der Waals surface area contributed by atoms with E-state index in [4.69, 9.17) is 16.6 Å². The van der Waals surface area contributed by atoms with E-state index in [2.05, 4.69) is 21.4 Å². The smallest absolute Gasteiger partial charge is 0.206 e. The van der Waals surface area contributed by atoms with Crippen LogP contribution in [0.4, 0.5) is 5.95 Å². The Kier molecular flexibility index (Phi) is 3.25. The SMILES string of the molecule is CCCN1CC(C)(O)Cn2c1nc1c(Cl)nc3ccccc3c12. The normalized spacial score (nSPS) is 21.1. The number of benzene rings is 1. The zero-order valence-electron chi connectivity index (χ0n) is 13.3. The highest BCUT2D eigenvalue weighted by Gasteiger charge is 2.35. The number of pyridine rings is 1. The topological polar surface area (TPSA) is 54.2 Å². The molecule has 0 amide bonds. The van der Waals surface area contributed by atoms with Crippen LogP contribution in [0, 0.1) is 0 Å². The van der Waals surface area contributed by atoms with Gasteiger partial charge in [-0.25, -0.2) is 9.97 Å². The summed E-state index contributed by atoms with van der Waals surface area (Å²) >= 11 is 6.38. The number of rotatable bonds is 2. The standard InChI is InChI=1S/C17H19ClN4O/c1-3-8-21-9-17(2,23)10-22-14-11-6-4-5-7-12(11)19-15(18)13(14)20-16(21)22/h4-7,23H,3,8-10H2,1-2H3. The quantitative estimate of drug-likeness (QED) is 0.733. The maximum Gasteiger partial charge on any atom is 0.206 e. The lowest BCUT2D eigenvalue weighted by Gasteiger charge is -2.38. The Morgan fingerprint density at radius 1 is 1.26 bits per heavy atom. The van der Waals surface area contributed by atoms with Crippen molar-refractivity contribution in [2.24, 2.45) is 0 Å². The van der Waals surface area contributed by atoms with Crippen molar-refractivity contribution < 1.29 is 5.11 Å². The molecule has 0 bridgehead atoms. The van der Waals surface area contributed by atoms with Gasteiger partial charge >= 0.3 is 0 Å². The van der Waals surface area contributed by atoms with E-state index in [9.17, 15) is 5.11 Å². The molecule has 0 fully saturated rings. The molecule has 6 heteroatoms. The number of anilines is 1. The lowest BCUT2D eigenvalue weighted by Crippen LogP contribution is -2.49. The van der Waals surface area contributed by atoms with Crippen LogP contribution in [0.15, 0.2) is 24.3 Å². The fraction of sp³-hybridized carbons (Fsp3) is 0.412. The third-order valence-electron chi connectivity index (χ3n) is 4.33. The molecule has 23 heavy (non-hydrogen) atoms. The summed E-state index contributed by atoms with van der Waals surface area (Å²) in [5, 5.41) is 12.1. The molecule has 5 nitrogen and oxygen atoms in total. The van der Waals surface area contributed by atoms with Gasteiger partial charge < -0.3 is 14.6 Å². The van der Waals surface area contributed by atoms with Gasteiger partial charge in [-0.1, -0.05) is 36.7 Å². The highest BCUT2D eigenvalue weighted by Crippen LogP contribution is 2.36. The highest BCUT2D eigenvalue weighted by atomic mass is 35.5. The zero-order valence-corrected chi connectivity index (χ0v) is 14.0. The number of para-hydroxylation sites is 1. The third kappa shape index (κ3) is 2.26. The van der Waals surface area contributed by atoms with Crippen LogP contribution in [-0.4, -0.2) is 38.3 Å². The second-order valence-electron chi connectivity index (χ2n) is 6.53. The molecule has 0 radical (unpaired) electrons. The minimum atomic E-state index is -0.799. The summed E-state index contributed by atoms with van der Waals surface area (Å²) < 4.78 is 2.09. The molecule has 0 saturated heterocycles. The monoisotopic (exact) mass is 330 g/mol. The molecule has 120 valence electrons. The number of aromatic nitrogens is 3. The van der Waals surface area contributed by atoms with Crippen LogP contribution in [0.5, 0.6) is 0 Å². The molecule has 0 aliphatic carbocycles. The largest absolute Gasteiger partial charge is 0.386 e. The number of hydrogen-bond acceptors (Lipinski definition) is 4. The molecule has 3 heterocycles. The van der Waals surface area contributed by atoms with Gasteiger partial charge in [-0.15, -0.1) is 0 Å². The Labute approximate surface area is 139 Å². The number of β-amino-alcohol motifs (C(OH)–C–C–N with tert-alkyl or cyclic N) is 1. The predicted octanol–water partition coefficient (Wildman–Crippen LogP) is 3.22. The van der Waals surface area contributed by atoms with Crippen LogP contribution in [-0.2, 0) is 6.54 Å². The van der Waals surface area contributed by atoms with E-state index in [0.717, 1.165) is 35.3 Å². The molecule has 4 rings (SSSR count). The van der Waals surface area contributed by atoms with Crippen molar-refractivity contribution in [3.63, 3.8) is 0 Å². The Morgan fingerprint density at radius 3 is 2.83 bits per heavy atom. The van der Waals surface area contributed by atoms with Gasteiger partial charge in [-0.2, -0.15) is 0 Å². The summed E-state index contributed by atoms with van der Waals surface area (Å²) in [5.41, 5.74) is 1.71. The van der Waals surface area contributed by atoms with Crippen LogP contribution < -0.4 is 4.90 Å². The first kappa shape index (κ1) is 14.7. The minimum absolute atomic E-state index is 0.414. The molecule has 1 unspecified atom stereocenters. The number of fused-ring (bicyclic) bond motifs is 5. The Morgan fingerprint density at radius 2 is 2.04 bits per heavy atom. The molecule has 0 saturated carbocycles. The lowest BCUT2D eigenvalue weighted by atomic mass is 10.0. The fourth-order valence-electron chi connectivity index (χ4n) is 3.50. The van der Waals surface area contributed by atoms with Gasteiger partial charge in [-0.05, 0) is 19.4 Å². The van der Waals surface area contributed by atoms with Crippen LogP contribution in [0.25, 0.3) is 21.9 Å². The summed E-state index contributed by atoms with van der Waals surface area (Å²) in [6.45, 7) is 5.93. The molecule has 0 spiro atoms. The van der Waals surface area contributed by atoms with Crippen LogP contribution in [0.3, 0.4) is 0 Å². The number of nitrogens with zero attached hydrogens (tertiary/aromatic N) is 4. The molecule has 3 aromatic rings. The third-order valence-corrected chi connectivity index (χ3v) is 4.59. The summed E-state index contributed by atoms with van der Waals surface area (Å²) in [6, 6.07) is 7.92. The molecule has 1 N–H and O–H groups in total. The molecular formula is C17H19ClN4O. The van der Waals surface area contributed by atoms with Crippen molar-refractivity contribution >= 4 is 39.5 Å². The van der Waals surface area contributed by atoms with Crippen molar-refractivity contribution in [3.8, 4) is 0 Å². The average Bonchev–Trinajstić information content (AvgIpc) is 2.87. The second-order valence-corrected chi connectivity index (χ2v) is 6.89. The minimum Gasteiger partial charge on any atom is -0.386 e. The highest BCUT2D eigenvalue weighted by molar-refractivity contribution is 6.35. The van der Waals surface area contributed by atoms with E-state index in [0.29, 0.717) is 23.8 Å². The van der Waals surface area contributed by atoms with Gasteiger partial charge in [0, 0.05) is 11.9 Å². The zero-order chi connectivity index (χ0) is 16.2. The number of hydrogen-bond donors (Lipinski definition) is 1. The summed E-state index contributed by atoms with van der Waals surface area (Å²) in [7, 11) is 0. The van der Waals surface area contributed by atoms with Gasteiger partial charge in [0.1, 0.15) is 5.52 Å². The predicted molar refractivity (Wildman–Crippen MR) is 93.2 cm³/mol. The van der Waals surface area contributed by atoms with Gasteiger partial charge in [0.25, 0.3) is 0 Å². The molecule has 1 aliphatic heterocycles. The Balaban J connectivity index is 2.08. The number of imidazole rings is 1. The van der Waals surface area contributed by atoms with E-state index in [1.165, 1.54) is 0 Å². The molecule has 1 atom stereocenters. The molecule has 1 aromatic carbocycles. The first-order valence-corrected chi connectivity index (χ1v) is 8.30. The van der Waals surface area contributed by atoms with Gasteiger partial charge in [0.2, 0.25) is 5.95 Å². The second kappa shape index (κ2) is 5.08. The van der Waals surface area contributed by atoms with Crippen LogP contribution in [0.2, 0.25) is 5.15 Å². The van der Waals surface area contributed by atoms with Gasteiger partial charge in [0.15, 0.2) is 5.15 Å².